The highest BCUT2D eigenvalue weighted by Gasteiger charge is 2.12. The molecule has 116 valence electrons. The van der Waals surface area contributed by atoms with E-state index in [2.05, 4.69) is 21.7 Å². The van der Waals surface area contributed by atoms with E-state index in [0.717, 1.165) is 55.3 Å². The van der Waals surface area contributed by atoms with E-state index in [1.807, 2.05) is 36.5 Å². The molecule has 4 N–H and O–H groups in total. The number of benzene rings is 1. The van der Waals surface area contributed by atoms with Gasteiger partial charge in [-0.15, -0.1) is 0 Å². The molecule has 1 atom stereocenters. The van der Waals surface area contributed by atoms with E-state index >= 15 is 0 Å². The molecule has 5 heteroatoms. The molecule has 2 aromatic rings. The molecular formula is C17H22N4O. The Kier molecular flexibility index (Phi) is 4.88. The largest absolute Gasteiger partial charge is 0.399 e. The lowest BCUT2D eigenvalue weighted by Crippen LogP contribution is -2.39. The first-order chi connectivity index (χ1) is 10.8. The van der Waals surface area contributed by atoms with E-state index in [9.17, 15) is 0 Å². The first-order valence-corrected chi connectivity index (χ1v) is 7.69. The minimum Gasteiger partial charge on any atom is -0.399 e. The second-order valence-electron chi connectivity index (χ2n) is 5.47. The summed E-state index contributed by atoms with van der Waals surface area (Å²) in [5.74, 6) is 0.892. The zero-order valence-electron chi connectivity index (χ0n) is 12.6. The summed E-state index contributed by atoms with van der Waals surface area (Å²) in [7, 11) is 0. The molecule has 0 amide bonds. The molecular weight excluding hydrogens is 276 g/mol. The third-order valence-corrected chi connectivity index (χ3v) is 3.78. The fourth-order valence-electron chi connectivity index (χ4n) is 2.51. The number of anilines is 2. The van der Waals surface area contributed by atoms with E-state index in [1.54, 1.807) is 0 Å². The SMILES string of the molecule is Nc1ccc(-c2ccc(NCCC3CNCCO3)nc2)cc1. The second-order valence-corrected chi connectivity index (χ2v) is 5.47. The fraction of sp³-hybridized carbons (Fsp3) is 0.353. The Bertz CT molecular complexity index is 577. The van der Waals surface area contributed by atoms with Gasteiger partial charge in [-0.3, -0.25) is 0 Å². The van der Waals surface area contributed by atoms with Crippen molar-refractivity contribution in [1.29, 1.82) is 0 Å². The van der Waals surface area contributed by atoms with Crippen LogP contribution in [-0.2, 0) is 4.74 Å². The van der Waals surface area contributed by atoms with Crippen molar-refractivity contribution in [3.8, 4) is 11.1 Å². The lowest BCUT2D eigenvalue weighted by molar-refractivity contribution is 0.0258. The Morgan fingerprint density at radius 3 is 2.68 bits per heavy atom. The normalized spacial score (nSPS) is 18.1. The van der Waals surface area contributed by atoms with Gasteiger partial charge in [0.05, 0.1) is 12.7 Å². The molecule has 0 aliphatic carbocycles. The number of hydrogen-bond acceptors (Lipinski definition) is 5. The van der Waals surface area contributed by atoms with Gasteiger partial charge in [-0.1, -0.05) is 12.1 Å². The first kappa shape index (κ1) is 14.8. The molecule has 0 bridgehead atoms. The van der Waals surface area contributed by atoms with Gasteiger partial charge >= 0.3 is 0 Å². The van der Waals surface area contributed by atoms with E-state index < -0.39 is 0 Å². The minimum atomic E-state index is 0.301. The number of aromatic nitrogens is 1. The topological polar surface area (TPSA) is 72.2 Å². The predicted molar refractivity (Wildman–Crippen MR) is 89.8 cm³/mol. The van der Waals surface area contributed by atoms with Crippen LogP contribution in [0.4, 0.5) is 11.5 Å². The number of morpholine rings is 1. The average molecular weight is 298 g/mol. The van der Waals surface area contributed by atoms with Crippen LogP contribution < -0.4 is 16.4 Å². The highest BCUT2D eigenvalue weighted by molar-refractivity contribution is 5.65. The summed E-state index contributed by atoms with van der Waals surface area (Å²) in [5.41, 5.74) is 8.69. The molecule has 0 saturated carbocycles. The predicted octanol–water partition coefficient (Wildman–Crippen LogP) is 2.12. The molecule has 1 saturated heterocycles. The summed E-state index contributed by atoms with van der Waals surface area (Å²) < 4.78 is 5.67. The summed E-state index contributed by atoms with van der Waals surface area (Å²) in [6, 6.07) is 11.9. The molecule has 0 spiro atoms. The summed E-state index contributed by atoms with van der Waals surface area (Å²) in [6.45, 7) is 3.56. The maximum atomic E-state index is 5.70. The lowest BCUT2D eigenvalue weighted by atomic mass is 10.1. The summed E-state index contributed by atoms with van der Waals surface area (Å²) >= 11 is 0. The van der Waals surface area contributed by atoms with Crippen molar-refractivity contribution in [2.24, 2.45) is 0 Å². The van der Waals surface area contributed by atoms with Crippen LogP contribution in [0, 0.1) is 0 Å². The average Bonchev–Trinajstić information content (AvgIpc) is 2.57. The lowest BCUT2D eigenvalue weighted by Gasteiger charge is -2.23. The van der Waals surface area contributed by atoms with Gasteiger partial charge in [0.25, 0.3) is 0 Å². The Balaban J connectivity index is 1.51. The highest BCUT2D eigenvalue weighted by atomic mass is 16.5. The van der Waals surface area contributed by atoms with Crippen molar-refractivity contribution in [3.63, 3.8) is 0 Å². The number of nitrogens with one attached hydrogen (secondary N) is 2. The Hall–Kier alpha value is -2.11. The number of nitrogen functional groups attached to an aromatic ring is 1. The molecule has 0 radical (unpaired) electrons. The molecule has 1 aliphatic rings. The zero-order valence-corrected chi connectivity index (χ0v) is 12.6. The van der Waals surface area contributed by atoms with Gasteiger partial charge in [0.1, 0.15) is 5.82 Å². The molecule has 1 aliphatic heterocycles. The molecule has 1 fully saturated rings. The van der Waals surface area contributed by atoms with Gasteiger partial charge in [-0.05, 0) is 36.2 Å². The molecule has 5 nitrogen and oxygen atoms in total. The van der Waals surface area contributed by atoms with Crippen LogP contribution in [0.2, 0.25) is 0 Å². The van der Waals surface area contributed by atoms with Crippen LogP contribution in [0.5, 0.6) is 0 Å². The number of nitrogens with zero attached hydrogens (tertiary/aromatic N) is 1. The molecule has 22 heavy (non-hydrogen) atoms. The standard InChI is InChI=1S/C17H22N4O/c18-15-4-1-13(2-5-15)14-3-6-17(21-11-14)20-8-7-16-12-19-9-10-22-16/h1-6,11,16,19H,7-10,12,18H2,(H,20,21). The van der Waals surface area contributed by atoms with Gasteiger partial charge in [0.15, 0.2) is 0 Å². The van der Waals surface area contributed by atoms with Gasteiger partial charge < -0.3 is 21.1 Å². The van der Waals surface area contributed by atoms with Crippen LogP contribution in [-0.4, -0.2) is 37.3 Å². The van der Waals surface area contributed by atoms with Gasteiger partial charge in [-0.25, -0.2) is 4.98 Å². The van der Waals surface area contributed by atoms with Crippen LogP contribution in [0.3, 0.4) is 0 Å². The molecule has 3 rings (SSSR count). The first-order valence-electron chi connectivity index (χ1n) is 7.69. The van der Waals surface area contributed by atoms with Crippen LogP contribution in [0.25, 0.3) is 11.1 Å². The monoisotopic (exact) mass is 298 g/mol. The second kappa shape index (κ2) is 7.24. The van der Waals surface area contributed by atoms with Gasteiger partial charge in [0.2, 0.25) is 0 Å². The van der Waals surface area contributed by atoms with Crippen LogP contribution >= 0.6 is 0 Å². The highest BCUT2D eigenvalue weighted by Crippen LogP contribution is 2.20. The Morgan fingerprint density at radius 1 is 1.18 bits per heavy atom. The van der Waals surface area contributed by atoms with Crippen molar-refractivity contribution < 1.29 is 4.74 Å². The van der Waals surface area contributed by atoms with Gasteiger partial charge in [0, 0.05) is 37.1 Å². The minimum absolute atomic E-state index is 0.301. The quantitative estimate of drug-likeness (QED) is 0.738. The summed E-state index contributed by atoms with van der Waals surface area (Å²) in [4.78, 5) is 4.46. The number of rotatable bonds is 5. The Labute approximate surface area is 130 Å². The summed E-state index contributed by atoms with van der Waals surface area (Å²) in [5, 5.41) is 6.68. The van der Waals surface area contributed by atoms with Crippen molar-refractivity contribution in [2.45, 2.75) is 12.5 Å². The van der Waals surface area contributed by atoms with Crippen LogP contribution in [0.1, 0.15) is 6.42 Å². The van der Waals surface area contributed by atoms with Crippen LogP contribution in [0.15, 0.2) is 42.6 Å². The third kappa shape index (κ3) is 3.96. The van der Waals surface area contributed by atoms with Gasteiger partial charge in [-0.2, -0.15) is 0 Å². The van der Waals surface area contributed by atoms with Crippen molar-refractivity contribution in [2.75, 3.05) is 37.3 Å². The number of pyridine rings is 1. The smallest absolute Gasteiger partial charge is 0.125 e. The Morgan fingerprint density at radius 2 is 2.00 bits per heavy atom. The van der Waals surface area contributed by atoms with E-state index in [-0.39, 0.29) is 0 Å². The van der Waals surface area contributed by atoms with Crippen molar-refractivity contribution >= 4 is 11.5 Å². The maximum absolute atomic E-state index is 5.70. The van der Waals surface area contributed by atoms with Crippen molar-refractivity contribution in [3.05, 3.63) is 42.6 Å². The fourth-order valence-corrected chi connectivity index (χ4v) is 2.51. The molecule has 1 unspecified atom stereocenters. The van der Waals surface area contributed by atoms with E-state index in [0.29, 0.717) is 6.10 Å². The third-order valence-electron chi connectivity index (χ3n) is 3.78. The molecule has 1 aromatic heterocycles. The maximum Gasteiger partial charge on any atom is 0.125 e. The van der Waals surface area contributed by atoms with E-state index in [1.165, 1.54) is 0 Å². The number of hydrogen-bond donors (Lipinski definition) is 3. The number of nitrogens with two attached hydrogens (primary N) is 1. The van der Waals surface area contributed by atoms with E-state index in [4.69, 9.17) is 10.5 Å². The number of ether oxygens (including phenoxy) is 1. The molecule has 2 heterocycles. The summed E-state index contributed by atoms with van der Waals surface area (Å²) in [6.07, 6.45) is 3.16. The van der Waals surface area contributed by atoms with Crippen molar-refractivity contribution in [1.82, 2.24) is 10.3 Å². The molecule has 1 aromatic carbocycles. The zero-order chi connectivity index (χ0) is 15.2.